The van der Waals surface area contributed by atoms with E-state index in [0.29, 0.717) is 46.8 Å². The van der Waals surface area contributed by atoms with Gasteiger partial charge in [-0.25, -0.2) is 4.39 Å². The quantitative estimate of drug-likeness (QED) is 0.0646. The molecule has 0 aliphatic carbocycles. The Morgan fingerprint density at radius 2 is 1.77 bits per heavy atom. The van der Waals surface area contributed by atoms with Crippen LogP contribution in [0.5, 0.6) is 11.5 Å². The molecule has 2 bridgehead atoms. The number of ether oxygens (including phenoxy) is 2. The maximum Gasteiger partial charge on any atom is 0.307 e. The summed E-state index contributed by atoms with van der Waals surface area (Å²) in [6.45, 7) is 4.69. The van der Waals surface area contributed by atoms with Crippen LogP contribution in [-0.2, 0) is 9.53 Å². The van der Waals surface area contributed by atoms with E-state index in [9.17, 15) is 24.2 Å². The molecule has 0 spiro atoms. The van der Waals surface area contributed by atoms with Gasteiger partial charge in [-0.15, -0.1) is 0 Å². The number of hydrogen-bond donors (Lipinski definition) is 4. The van der Waals surface area contributed by atoms with Gasteiger partial charge in [0.1, 0.15) is 23.4 Å². The van der Waals surface area contributed by atoms with Gasteiger partial charge in [-0.05, 0) is 98.3 Å². The molecule has 5 heterocycles. The number of phenolic OH excluding ortho intramolecular Hbond substituents is 1. The highest BCUT2D eigenvalue weighted by Crippen LogP contribution is 2.34. The highest BCUT2D eigenvalue weighted by atomic mass is 19.1. The van der Waals surface area contributed by atoms with Crippen molar-refractivity contribution in [2.24, 2.45) is 5.92 Å². The molecule has 3 atom stereocenters. The molecule has 10 nitrogen and oxygen atoms in total. The molecule has 7 rings (SSSR count). The molecule has 0 radical (unpaired) electrons. The lowest BCUT2D eigenvalue weighted by Gasteiger charge is -2.44. The standard InChI is InChI=1S/C41H51FN4O6/c42-31-10-8-9-29(21-31)35(23-40(50)52-38-27-46-18-15-28(38)16-19-46)30-22-32(25-44-24-30)51-20-7-5-3-1-2-4-6-17-43-26-37(48)33-11-13-36(47)41-34(33)12-14-39(49)45-41/h8-14,21-22,24-25,28,35,37-38,43,47-48H,1-7,15-20,23,26-27H2,(H,45,49)/t35?,37-,38-/m0/s1. The van der Waals surface area contributed by atoms with Crippen molar-refractivity contribution in [1.29, 1.82) is 0 Å². The number of halogens is 1. The Kier molecular flexibility index (Phi) is 13.3. The van der Waals surface area contributed by atoms with Gasteiger partial charge in [-0.3, -0.25) is 19.5 Å². The number of aliphatic hydroxyl groups is 1. The molecule has 2 aromatic heterocycles. The van der Waals surface area contributed by atoms with E-state index < -0.39 is 12.0 Å². The predicted octanol–water partition coefficient (Wildman–Crippen LogP) is 6.36. The minimum absolute atomic E-state index is 0.0189. The van der Waals surface area contributed by atoms with Crippen molar-refractivity contribution >= 4 is 16.9 Å². The van der Waals surface area contributed by atoms with Crippen LogP contribution in [-0.4, -0.2) is 76.5 Å². The second-order valence-electron chi connectivity index (χ2n) is 14.3. The summed E-state index contributed by atoms with van der Waals surface area (Å²) in [5.74, 6) is 0.0286. The summed E-state index contributed by atoms with van der Waals surface area (Å²) >= 11 is 0. The fraction of sp³-hybridized carbons (Fsp3) is 0.488. The normalized spacial score (nSPS) is 19.4. The van der Waals surface area contributed by atoms with Gasteiger partial charge in [-0.1, -0.05) is 50.3 Å². The van der Waals surface area contributed by atoms with Crippen molar-refractivity contribution in [3.8, 4) is 11.5 Å². The second kappa shape index (κ2) is 18.4. The number of phenols is 1. The lowest BCUT2D eigenvalue weighted by Crippen LogP contribution is -2.52. The Balaban J connectivity index is 0.873. The van der Waals surface area contributed by atoms with E-state index in [1.165, 1.54) is 24.3 Å². The summed E-state index contributed by atoms with van der Waals surface area (Å²) in [6, 6.07) is 14.5. The fourth-order valence-corrected chi connectivity index (χ4v) is 7.61. The fourth-order valence-electron chi connectivity index (χ4n) is 7.61. The summed E-state index contributed by atoms with van der Waals surface area (Å²) in [7, 11) is 0. The number of aromatic amines is 1. The maximum absolute atomic E-state index is 14.3. The Morgan fingerprint density at radius 3 is 2.54 bits per heavy atom. The highest BCUT2D eigenvalue weighted by Gasteiger charge is 2.37. The molecule has 0 amide bonds. The van der Waals surface area contributed by atoms with Gasteiger partial charge in [-0.2, -0.15) is 0 Å². The van der Waals surface area contributed by atoms with E-state index in [2.05, 4.69) is 20.2 Å². The summed E-state index contributed by atoms with van der Waals surface area (Å²) in [6.07, 6.45) is 12.3. The van der Waals surface area contributed by atoms with Crippen LogP contribution in [0.1, 0.15) is 92.9 Å². The minimum atomic E-state index is -0.757. The van der Waals surface area contributed by atoms with E-state index in [1.807, 2.05) is 12.1 Å². The molecule has 3 aliphatic rings. The van der Waals surface area contributed by atoms with Crippen LogP contribution < -0.4 is 15.6 Å². The average Bonchev–Trinajstić information content (AvgIpc) is 3.15. The van der Waals surface area contributed by atoms with E-state index in [0.717, 1.165) is 89.5 Å². The van der Waals surface area contributed by atoms with E-state index in [1.54, 1.807) is 30.6 Å². The SMILES string of the molecule is O=C(CC(c1cccc(F)c1)c1cncc(OCCCCCCCCCNC[C@H](O)c2ccc(O)c3[nH]c(=O)ccc23)c1)O[C@H]1CN2CCC1CC2. The number of nitrogens with one attached hydrogen (secondary N) is 2. The number of esters is 1. The number of aromatic nitrogens is 2. The number of fused-ring (bicyclic) bond motifs is 4. The number of benzene rings is 2. The molecule has 52 heavy (non-hydrogen) atoms. The van der Waals surface area contributed by atoms with Gasteiger partial charge in [0.05, 0.1) is 30.8 Å². The maximum atomic E-state index is 14.3. The lowest BCUT2D eigenvalue weighted by molar-refractivity contribution is -0.159. The van der Waals surface area contributed by atoms with Crippen LogP contribution in [0.3, 0.4) is 0 Å². The number of pyridine rings is 2. The summed E-state index contributed by atoms with van der Waals surface area (Å²) in [5, 5.41) is 24.7. The molecule has 2 aromatic carbocycles. The van der Waals surface area contributed by atoms with E-state index in [-0.39, 0.29) is 35.6 Å². The van der Waals surface area contributed by atoms with Gasteiger partial charge >= 0.3 is 5.97 Å². The molecular formula is C41H51FN4O6. The van der Waals surface area contributed by atoms with Crippen molar-refractivity contribution in [3.63, 3.8) is 0 Å². The number of carbonyl (C=O) groups is 1. The van der Waals surface area contributed by atoms with Gasteiger partial charge in [0.15, 0.2) is 0 Å². The number of hydrogen-bond acceptors (Lipinski definition) is 9. The first-order chi connectivity index (χ1) is 25.3. The number of piperidine rings is 3. The van der Waals surface area contributed by atoms with Crippen LogP contribution in [0.25, 0.3) is 10.9 Å². The van der Waals surface area contributed by atoms with Crippen LogP contribution in [0.4, 0.5) is 4.39 Å². The molecule has 4 aromatic rings. The highest BCUT2D eigenvalue weighted by molar-refractivity contribution is 5.87. The number of aromatic hydroxyl groups is 1. The smallest absolute Gasteiger partial charge is 0.307 e. The lowest BCUT2D eigenvalue weighted by atomic mass is 9.85. The molecule has 1 unspecified atom stereocenters. The first kappa shape index (κ1) is 37.4. The third kappa shape index (κ3) is 10.2. The zero-order chi connectivity index (χ0) is 36.3. The van der Waals surface area contributed by atoms with Crippen molar-refractivity contribution in [2.45, 2.75) is 82.3 Å². The van der Waals surface area contributed by atoms with Gasteiger partial charge in [0.25, 0.3) is 0 Å². The van der Waals surface area contributed by atoms with Crippen LogP contribution in [0.15, 0.2) is 71.8 Å². The summed E-state index contributed by atoms with van der Waals surface area (Å²) < 4.78 is 26.3. The van der Waals surface area contributed by atoms with Gasteiger partial charge in [0.2, 0.25) is 5.56 Å². The third-order valence-corrected chi connectivity index (χ3v) is 10.5. The second-order valence-corrected chi connectivity index (χ2v) is 14.3. The number of carbonyl (C=O) groups excluding carboxylic acids is 1. The molecule has 4 N–H and O–H groups in total. The molecule has 0 saturated carbocycles. The van der Waals surface area contributed by atoms with Crippen molar-refractivity contribution in [3.05, 3.63) is 99.9 Å². The number of rotatable bonds is 19. The monoisotopic (exact) mass is 714 g/mol. The largest absolute Gasteiger partial charge is 0.506 e. The zero-order valence-corrected chi connectivity index (χ0v) is 29.8. The first-order valence-corrected chi connectivity index (χ1v) is 18.8. The summed E-state index contributed by atoms with van der Waals surface area (Å²) in [4.78, 5) is 34.2. The topological polar surface area (TPSA) is 137 Å². The van der Waals surface area contributed by atoms with Crippen LogP contribution in [0, 0.1) is 11.7 Å². The number of unbranched alkanes of at least 4 members (excludes halogenated alkanes) is 6. The van der Waals surface area contributed by atoms with Crippen molar-refractivity contribution in [1.82, 2.24) is 20.2 Å². The Morgan fingerprint density at radius 1 is 0.981 bits per heavy atom. The van der Waals surface area contributed by atoms with Gasteiger partial charge in [0, 0.05) is 36.7 Å². The molecule has 3 saturated heterocycles. The van der Waals surface area contributed by atoms with Crippen molar-refractivity contribution < 1.29 is 28.9 Å². The van der Waals surface area contributed by atoms with Crippen molar-refractivity contribution in [2.75, 3.05) is 39.3 Å². The van der Waals surface area contributed by atoms with E-state index in [4.69, 9.17) is 9.47 Å². The molecule has 3 fully saturated rings. The Hall–Kier alpha value is -4.32. The first-order valence-electron chi connectivity index (χ1n) is 18.8. The average molecular weight is 715 g/mol. The molecule has 11 heteroatoms. The van der Waals surface area contributed by atoms with Crippen LogP contribution >= 0.6 is 0 Å². The van der Waals surface area contributed by atoms with Gasteiger partial charge < -0.3 is 30.0 Å². The Bertz CT molecular complexity index is 1830. The number of aliphatic hydroxyl groups excluding tert-OH is 1. The molecule has 278 valence electrons. The number of H-pyrrole nitrogens is 1. The third-order valence-electron chi connectivity index (χ3n) is 10.5. The van der Waals surface area contributed by atoms with Crippen LogP contribution in [0.2, 0.25) is 0 Å². The molecular weight excluding hydrogens is 663 g/mol. The molecule has 3 aliphatic heterocycles. The van der Waals surface area contributed by atoms with E-state index >= 15 is 0 Å². The number of nitrogens with zero attached hydrogens (tertiary/aromatic N) is 2. The summed E-state index contributed by atoms with van der Waals surface area (Å²) in [5.41, 5.74) is 2.20. The Labute approximate surface area is 304 Å². The minimum Gasteiger partial charge on any atom is -0.506 e. The predicted molar refractivity (Wildman–Crippen MR) is 198 cm³/mol. The zero-order valence-electron chi connectivity index (χ0n) is 29.8.